The Morgan fingerprint density at radius 2 is 2.10 bits per heavy atom. The first-order chi connectivity index (χ1) is 10.1. The van der Waals surface area contributed by atoms with Crippen LogP contribution >= 0.6 is 0 Å². The van der Waals surface area contributed by atoms with Gasteiger partial charge in [0, 0.05) is 12.7 Å². The summed E-state index contributed by atoms with van der Waals surface area (Å²) < 4.78 is 38.3. The number of methoxy groups -OCH3 is 1. The molecular formula is C14H13F2NO4. The Morgan fingerprint density at radius 3 is 2.71 bits per heavy atom. The van der Waals surface area contributed by atoms with Crippen molar-refractivity contribution in [2.75, 3.05) is 20.3 Å². The number of benzene rings is 1. The number of hydrogen-bond donors (Lipinski definition) is 0. The number of nitrogens with zero attached hydrogens (tertiary/aromatic N) is 1. The number of para-hydroxylation sites is 1. The van der Waals surface area contributed by atoms with Crippen molar-refractivity contribution >= 4 is 12.0 Å². The number of esters is 1. The predicted octanol–water partition coefficient (Wildman–Crippen LogP) is 2.38. The van der Waals surface area contributed by atoms with Gasteiger partial charge in [0.25, 0.3) is 0 Å². The smallest absolute Gasteiger partial charge is 0.387 e. The molecule has 1 rings (SSSR count). The predicted molar refractivity (Wildman–Crippen MR) is 69.5 cm³/mol. The Hall–Kier alpha value is -2.46. The molecular weight excluding hydrogens is 284 g/mol. The molecule has 0 bridgehead atoms. The zero-order valence-electron chi connectivity index (χ0n) is 11.2. The summed E-state index contributed by atoms with van der Waals surface area (Å²) in [5, 5.41) is 8.95. The summed E-state index contributed by atoms with van der Waals surface area (Å²) >= 11 is 0. The second-order valence-corrected chi connectivity index (χ2v) is 3.71. The van der Waals surface area contributed by atoms with E-state index in [0.717, 1.165) is 6.08 Å². The van der Waals surface area contributed by atoms with E-state index in [-0.39, 0.29) is 30.1 Å². The third-order valence-corrected chi connectivity index (χ3v) is 2.30. The van der Waals surface area contributed by atoms with Crippen LogP contribution in [0.4, 0.5) is 8.78 Å². The summed E-state index contributed by atoms with van der Waals surface area (Å²) in [7, 11) is 1.44. The molecule has 112 valence electrons. The summed E-state index contributed by atoms with van der Waals surface area (Å²) in [5.74, 6) is -0.994. The number of ether oxygens (including phenoxy) is 3. The maximum absolute atomic E-state index is 12.3. The average molecular weight is 297 g/mol. The fourth-order valence-corrected chi connectivity index (χ4v) is 1.39. The lowest BCUT2D eigenvalue weighted by atomic mass is 10.1. The van der Waals surface area contributed by atoms with Crippen LogP contribution in [-0.2, 0) is 14.3 Å². The van der Waals surface area contributed by atoms with E-state index in [2.05, 4.69) is 4.74 Å². The third kappa shape index (κ3) is 5.58. The molecule has 0 amide bonds. The highest BCUT2D eigenvalue weighted by molar-refractivity contribution is 5.98. The first-order valence-electron chi connectivity index (χ1n) is 5.90. The molecule has 0 spiro atoms. The van der Waals surface area contributed by atoms with Gasteiger partial charge in [0.1, 0.15) is 24.0 Å². The molecule has 0 atom stereocenters. The number of nitriles is 1. The highest BCUT2D eigenvalue weighted by Crippen LogP contribution is 2.23. The van der Waals surface area contributed by atoms with Gasteiger partial charge in [-0.3, -0.25) is 0 Å². The van der Waals surface area contributed by atoms with E-state index in [1.165, 1.54) is 25.3 Å². The molecule has 0 aliphatic rings. The number of alkyl halides is 2. The molecule has 0 aromatic heterocycles. The molecule has 1 aromatic carbocycles. The summed E-state index contributed by atoms with van der Waals surface area (Å²) in [6.45, 7) is -2.82. The van der Waals surface area contributed by atoms with Crippen molar-refractivity contribution in [2.24, 2.45) is 0 Å². The molecule has 1 aromatic rings. The monoisotopic (exact) mass is 297 g/mol. The van der Waals surface area contributed by atoms with Crippen molar-refractivity contribution in [1.82, 2.24) is 0 Å². The molecule has 0 saturated heterocycles. The van der Waals surface area contributed by atoms with Crippen LogP contribution in [-0.4, -0.2) is 32.9 Å². The first-order valence-corrected chi connectivity index (χ1v) is 5.90. The van der Waals surface area contributed by atoms with E-state index < -0.39 is 12.6 Å². The van der Waals surface area contributed by atoms with Gasteiger partial charge >= 0.3 is 12.6 Å². The normalized spacial score (nSPS) is 11.1. The van der Waals surface area contributed by atoms with Crippen molar-refractivity contribution in [2.45, 2.75) is 6.61 Å². The number of halogens is 2. The second kappa shape index (κ2) is 8.66. The lowest BCUT2D eigenvalue weighted by molar-refractivity contribution is -0.139. The summed E-state index contributed by atoms with van der Waals surface area (Å²) in [6, 6.07) is 7.47. The Balaban J connectivity index is 2.93. The Labute approximate surface area is 120 Å². The molecule has 0 N–H and O–H groups in total. The standard InChI is InChI=1S/C14H13F2NO4/c1-19-6-7-20-13(18)11(9-17)8-10-4-2-3-5-12(10)21-14(15)16/h2-5,8,14H,6-7H2,1H3. The van der Waals surface area contributed by atoms with Gasteiger partial charge < -0.3 is 14.2 Å². The van der Waals surface area contributed by atoms with Crippen molar-refractivity contribution in [3.8, 4) is 11.8 Å². The van der Waals surface area contributed by atoms with Gasteiger partial charge in [0.05, 0.1) is 6.61 Å². The van der Waals surface area contributed by atoms with Crippen LogP contribution in [0.5, 0.6) is 5.75 Å². The topological polar surface area (TPSA) is 68.5 Å². The molecule has 21 heavy (non-hydrogen) atoms. The summed E-state index contributed by atoms with van der Waals surface area (Å²) in [5.41, 5.74) is -0.144. The zero-order chi connectivity index (χ0) is 15.7. The van der Waals surface area contributed by atoms with E-state index in [1.54, 1.807) is 12.1 Å². The minimum atomic E-state index is -3.00. The van der Waals surface area contributed by atoms with E-state index >= 15 is 0 Å². The minimum absolute atomic E-state index is 0.0104. The zero-order valence-corrected chi connectivity index (χ0v) is 11.2. The highest BCUT2D eigenvalue weighted by Gasteiger charge is 2.13. The molecule has 0 heterocycles. The molecule has 5 nitrogen and oxygen atoms in total. The minimum Gasteiger partial charge on any atom is -0.459 e. The van der Waals surface area contributed by atoms with Gasteiger partial charge in [-0.25, -0.2) is 4.79 Å². The SMILES string of the molecule is COCCOC(=O)C(C#N)=Cc1ccccc1OC(F)F. The Bertz CT molecular complexity index is 552. The average Bonchev–Trinajstić information content (AvgIpc) is 2.45. The van der Waals surface area contributed by atoms with Crippen LogP contribution in [0, 0.1) is 11.3 Å². The third-order valence-electron chi connectivity index (χ3n) is 2.30. The summed E-state index contributed by atoms with van der Waals surface area (Å²) in [4.78, 5) is 11.6. The van der Waals surface area contributed by atoms with Crippen LogP contribution in [0.15, 0.2) is 29.8 Å². The molecule has 0 saturated carbocycles. The maximum atomic E-state index is 12.3. The van der Waals surface area contributed by atoms with Crippen LogP contribution in [0.25, 0.3) is 6.08 Å². The van der Waals surface area contributed by atoms with Gasteiger partial charge in [-0.2, -0.15) is 14.0 Å². The largest absolute Gasteiger partial charge is 0.459 e. The Morgan fingerprint density at radius 1 is 1.38 bits per heavy atom. The van der Waals surface area contributed by atoms with Gasteiger partial charge in [-0.05, 0) is 12.1 Å². The maximum Gasteiger partial charge on any atom is 0.387 e. The lowest BCUT2D eigenvalue weighted by Crippen LogP contribution is -2.11. The molecule has 0 aliphatic carbocycles. The van der Waals surface area contributed by atoms with E-state index in [1.807, 2.05) is 0 Å². The van der Waals surface area contributed by atoms with Gasteiger partial charge in [-0.15, -0.1) is 0 Å². The van der Waals surface area contributed by atoms with Gasteiger partial charge in [0.15, 0.2) is 0 Å². The highest BCUT2D eigenvalue weighted by atomic mass is 19.3. The number of carbonyl (C=O) groups excluding carboxylic acids is 1. The molecule has 0 radical (unpaired) electrons. The fraction of sp³-hybridized carbons (Fsp3) is 0.286. The van der Waals surface area contributed by atoms with Crippen LogP contribution in [0.2, 0.25) is 0 Å². The molecule has 0 unspecified atom stereocenters. The first kappa shape index (κ1) is 16.6. The van der Waals surface area contributed by atoms with E-state index in [9.17, 15) is 13.6 Å². The summed E-state index contributed by atoms with van der Waals surface area (Å²) in [6.07, 6.45) is 1.13. The van der Waals surface area contributed by atoms with Crippen molar-refractivity contribution in [3.63, 3.8) is 0 Å². The quantitative estimate of drug-likeness (QED) is 0.334. The number of rotatable bonds is 7. The molecule has 7 heteroatoms. The van der Waals surface area contributed by atoms with Crippen LogP contribution < -0.4 is 4.74 Å². The number of carbonyl (C=O) groups is 1. The van der Waals surface area contributed by atoms with Crippen molar-refractivity contribution in [3.05, 3.63) is 35.4 Å². The lowest BCUT2D eigenvalue weighted by Gasteiger charge is -2.08. The molecule has 0 fully saturated rings. The number of hydrogen-bond acceptors (Lipinski definition) is 5. The second-order valence-electron chi connectivity index (χ2n) is 3.71. The van der Waals surface area contributed by atoms with Crippen LogP contribution in [0.1, 0.15) is 5.56 Å². The van der Waals surface area contributed by atoms with Crippen molar-refractivity contribution in [1.29, 1.82) is 5.26 Å². The van der Waals surface area contributed by atoms with E-state index in [4.69, 9.17) is 14.7 Å². The molecule has 0 aliphatic heterocycles. The Kier molecular flexibility index (Phi) is 6.84. The fourth-order valence-electron chi connectivity index (χ4n) is 1.39. The van der Waals surface area contributed by atoms with Gasteiger partial charge in [0.2, 0.25) is 0 Å². The van der Waals surface area contributed by atoms with Crippen molar-refractivity contribution < 1.29 is 27.8 Å². The van der Waals surface area contributed by atoms with Gasteiger partial charge in [-0.1, -0.05) is 18.2 Å². The van der Waals surface area contributed by atoms with E-state index in [0.29, 0.717) is 0 Å². The van der Waals surface area contributed by atoms with Crippen LogP contribution in [0.3, 0.4) is 0 Å².